The Morgan fingerprint density at radius 3 is 2.63 bits per heavy atom. The molecule has 2 aromatic carbocycles. The lowest BCUT2D eigenvalue weighted by Gasteiger charge is -2.34. The number of rotatable bonds is 5. The Morgan fingerprint density at radius 1 is 1.19 bits per heavy atom. The highest BCUT2D eigenvalue weighted by Crippen LogP contribution is 2.28. The first-order chi connectivity index (χ1) is 12.9. The highest BCUT2D eigenvalue weighted by molar-refractivity contribution is 7.89. The lowest BCUT2D eigenvalue weighted by Crippen LogP contribution is -2.45. The molecule has 1 amide bonds. The van der Waals surface area contributed by atoms with Gasteiger partial charge in [0, 0.05) is 29.7 Å². The van der Waals surface area contributed by atoms with Gasteiger partial charge < -0.3 is 5.32 Å². The summed E-state index contributed by atoms with van der Waals surface area (Å²) in [5, 5.41) is 3.36. The van der Waals surface area contributed by atoms with Crippen molar-refractivity contribution in [1.82, 2.24) is 4.31 Å². The quantitative estimate of drug-likeness (QED) is 0.808. The molecule has 5 nitrogen and oxygen atoms in total. The Labute approximate surface area is 165 Å². The molecular weight excluding hydrogens is 384 g/mol. The van der Waals surface area contributed by atoms with E-state index in [2.05, 4.69) is 5.32 Å². The zero-order valence-corrected chi connectivity index (χ0v) is 16.8. The van der Waals surface area contributed by atoms with Gasteiger partial charge in [-0.2, -0.15) is 4.31 Å². The van der Waals surface area contributed by atoms with Crippen LogP contribution >= 0.6 is 11.6 Å². The minimum atomic E-state index is -3.66. The van der Waals surface area contributed by atoms with Gasteiger partial charge in [-0.1, -0.05) is 30.2 Å². The zero-order valence-electron chi connectivity index (χ0n) is 15.2. The number of halogens is 1. The molecule has 1 fully saturated rings. The molecule has 0 aliphatic carbocycles. The second-order valence-electron chi connectivity index (χ2n) is 6.84. The van der Waals surface area contributed by atoms with Crippen LogP contribution in [0.4, 0.5) is 5.69 Å². The molecule has 1 saturated heterocycles. The number of aryl methyl sites for hydroxylation is 1. The van der Waals surface area contributed by atoms with Crippen LogP contribution in [0.3, 0.4) is 0 Å². The summed E-state index contributed by atoms with van der Waals surface area (Å²) in [7, 11) is -3.66. The number of piperidine rings is 1. The molecule has 1 heterocycles. The number of nitrogens with one attached hydrogen (secondary N) is 1. The fourth-order valence-electron chi connectivity index (χ4n) is 3.39. The maximum Gasteiger partial charge on any atom is 0.243 e. The molecule has 1 N–H and O–H groups in total. The highest BCUT2D eigenvalue weighted by atomic mass is 35.5. The predicted octanol–water partition coefficient (Wildman–Crippen LogP) is 4.22. The van der Waals surface area contributed by atoms with Crippen molar-refractivity contribution in [1.29, 1.82) is 0 Å². The van der Waals surface area contributed by atoms with Crippen LogP contribution in [0.5, 0.6) is 0 Å². The van der Waals surface area contributed by atoms with Crippen molar-refractivity contribution in [3.05, 3.63) is 59.1 Å². The van der Waals surface area contributed by atoms with Crippen LogP contribution < -0.4 is 5.32 Å². The molecular formula is C20H23ClN2O3S. The van der Waals surface area contributed by atoms with Gasteiger partial charge in [0.05, 0.1) is 4.90 Å². The van der Waals surface area contributed by atoms with Crippen LogP contribution in [0.15, 0.2) is 53.4 Å². The maximum absolute atomic E-state index is 13.0. The summed E-state index contributed by atoms with van der Waals surface area (Å²) in [5.74, 6) is -0.177. The first-order valence-corrected chi connectivity index (χ1v) is 10.8. The standard InChI is InChI=1S/C20H23ClN2O3S/c1-15-5-4-6-17(13-15)22-20(24)14-18-7-2-3-12-23(18)27(25,26)19-10-8-16(21)9-11-19/h4-6,8-11,13,18H,2-3,7,12,14H2,1H3,(H,22,24). The third-order valence-electron chi connectivity index (χ3n) is 4.72. The third kappa shape index (κ3) is 4.89. The van der Waals surface area contributed by atoms with E-state index in [4.69, 9.17) is 11.6 Å². The van der Waals surface area contributed by atoms with E-state index < -0.39 is 10.0 Å². The topological polar surface area (TPSA) is 66.5 Å². The van der Waals surface area contributed by atoms with Crippen molar-refractivity contribution in [3.8, 4) is 0 Å². The lowest BCUT2D eigenvalue weighted by atomic mass is 10.0. The van der Waals surface area contributed by atoms with Crippen molar-refractivity contribution in [2.45, 2.75) is 43.5 Å². The zero-order chi connectivity index (χ0) is 19.4. The van der Waals surface area contributed by atoms with E-state index in [1.807, 2.05) is 31.2 Å². The summed E-state index contributed by atoms with van der Waals surface area (Å²) >= 11 is 5.87. The van der Waals surface area contributed by atoms with E-state index in [0.717, 1.165) is 24.1 Å². The largest absolute Gasteiger partial charge is 0.326 e. The second-order valence-corrected chi connectivity index (χ2v) is 9.17. The van der Waals surface area contributed by atoms with Crippen molar-refractivity contribution < 1.29 is 13.2 Å². The summed E-state index contributed by atoms with van der Waals surface area (Å²) in [6, 6.07) is 13.4. The minimum Gasteiger partial charge on any atom is -0.326 e. The van der Waals surface area contributed by atoms with Crippen molar-refractivity contribution >= 4 is 33.2 Å². The molecule has 0 saturated carbocycles. The van der Waals surface area contributed by atoms with Gasteiger partial charge >= 0.3 is 0 Å². The van der Waals surface area contributed by atoms with Crippen LogP contribution in [-0.4, -0.2) is 31.2 Å². The van der Waals surface area contributed by atoms with Crippen LogP contribution in [0.25, 0.3) is 0 Å². The summed E-state index contributed by atoms with van der Waals surface area (Å²) in [6.45, 7) is 2.38. The molecule has 3 rings (SSSR count). The summed E-state index contributed by atoms with van der Waals surface area (Å²) < 4.78 is 27.6. The predicted molar refractivity (Wildman–Crippen MR) is 107 cm³/mol. The molecule has 7 heteroatoms. The summed E-state index contributed by atoms with van der Waals surface area (Å²) in [4.78, 5) is 12.7. The number of sulfonamides is 1. The Bertz CT molecular complexity index is 913. The minimum absolute atomic E-state index is 0.140. The fraction of sp³-hybridized carbons (Fsp3) is 0.350. The van der Waals surface area contributed by atoms with Gasteiger partial charge in [0.15, 0.2) is 0 Å². The Kier molecular flexibility index (Phi) is 6.19. The van der Waals surface area contributed by atoms with Crippen molar-refractivity contribution in [2.75, 3.05) is 11.9 Å². The number of benzene rings is 2. The van der Waals surface area contributed by atoms with E-state index >= 15 is 0 Å². The number of amides is 1. The monoisotopic (exact) mass is 406 g/mol. The van der Waals surface area contributed by atoms with Gasteiger partial charge in [0.25, 0.3) is 0 Å². The van der Waals surface area contributed by atoms with Crippen LogP contribution in [0, 0.1) is 6.92 Å². The SMILES string of the molecule is Cc1cccc(NC(=O)CC2CCCCN2S(=O)(=O)c2ccc(Cl)cc2)c1. The molecule has 1 unspecified atom stereocenters. The van der Waals surface area contributed by atoms with E-state index in [-0.39, 0.29) is 23.3 Å². The summed E-state index contributed by atoms with van der Waals surface area (Å²) in [5.41, 5.74) is 1.78. The molecule has 1 aliphatic rings. The van der Waals surface area contributed by atoms with Gasteiger partial charge in [-0.15, -0.1) is 0 Å². The second kappa shape index (κ2) is 8.42. The number of anilines is 1. The highest BCUT2D eigenvalue weighted by Gasteiger charge is 2.34. The van der Waals surface area contributed by atoms with Gasteiger partial charge in [0.2, 0.25) is 15.9 Å². The Hall–Kier alpha value is -1.89. The first-order valence-electron chi connectivity index (χ1n) is 9.00. The molecule has 0 radical (unpaired) electrons. The molecule has 0 spiro atoms. The number of hydrogen-bond donors (Lipinski definition) is 1. The summed E-state index contributed by atoms with van der Waals surface area (Å²) in [6.07, 6.45) is 2.52. The molecule has 1 aliphatic heterocycles. The van der Waals surface area contributed by atoms with E-state index in [0.29, 0.717) is 18.0 Å². The Morgan fingerprint density at radius 2 is 1.93 bits per heavy atom. The molecule has 0 aromatic heterocycles. The number of hydrogen-bond acceptors (Lipinski definition) is 3. The van der Waals surface area contributed by atoms with E-state index in [1.165, 1.54) is 16.4 Å². The van der Waals surface area contributed by atoms with Crippen LogP contribution in [0.2, 0.25) is 5.02 Å². The molecule has 2 aromatic rings. The van der Waals surface area contributed by atoms with Gasteiger partial charge in [-0.25, -0.2) is 8.42 Å². The number of carbonyl (C=O) groups excluding carboxylic acids is 1. The molecule has 144 valence electrons. The van der Waals surface area contributed by atoms with Crippen LogP contribution in [0.1, 0.15) is 31.2 Å². The smallest absolute Gasteiger partial charge is 0.243 e. The normalized spacial score (nSPS) is 18.2. The van der Waals surface area contributed by atoms with Crippen molar-refractivity contribution in [3.63, 3.8) is 0 Å². The Balaban J connectivity index is 1.75. The van der Waals surface area contributed by atoms with Gasteiger partial charge in [0.1, 0.15) is 0 Å². The number of carbonyl (C=O) groups is 1. The molecule has 1 atom stereocenters. The average Bonchev–Trinajstić information content (AvgIpc) is 2.62. The van der Waals surface area contributed by atoms with Crippen molar-refractivity contribution in [2.24, 2.45) is 0 Å². The number of nitrogens with zero attached hydrogens (tertiary/aromatic N) is 1. The lowest BCUT2D eigenvalue weighted by molar-refractivity contribution is -0.117. The van der Waals surface area contributed by atoms with Gasteiger partial charge in [-0.3, -0.25) is 4.79 Å². The van der Waals surface area contributed by atoms with E-state index in [9.17, 15) is 13.2 Å². The van der Waals surface area contributed by atoms with Crippen LogP contribution in [-0.2, 0) is 14.8 Å². The van der Waals surface area contributed by atoms with E-state index in [1.54, 1.807) is 12.1 Å². The fourth-order valence-corrected chi connectivity index (χ4v) is 5.20. The van der Waals surface area contributed by atoms with Gasteiger partial charge in [-0.05, 0) is 61.7 Å². The maximum atomic E-state index is 13.0. The molecule has 27 heavy (non-hydrogen) atoms. The first kappa shape index (κ1) is 19.9. The molecule has 0 bridgehead atoms. The average molecular weight is 407 g/mol. The third-order valence-corrected chi connectivity index (χ3v) is 6.93.